The average molecular weight is 325 g/mol. The fourth-order valence-corrected chi connectivity index (χ4v) is 6.75. The Morgan fingerprint density at radius 1 is 1.12 bits per heavy atom. The van der Waals surface area contributed by atoms with Gasteiger partial charge in [-0.3, -0.25) is 4.79 Å². The molecule has 4 saturated carbocycles. The van der Waals surface area contributed by atoms with Crippen LogP contribution in [-0.4, -0.2) is 28.1 Å². The monoisotopic (exact) mass is 325 g/mol. The van der Waals surface area contributed by atoms with Gasteiger partial charge < -0.3 is 10.0 Å². The molecule has 1 aromatic rings. The van der Waals surface area contributed by atoms with Crippen molar-refractivity contribution in [1.82, 2.24) is 4.90 Å². The number of carbonyl (C=O) groups is 1. The number of hydrogen-bond donors (Lipinski definition) is 1. The molecule has 3 heteroatoms. The van der Waals surface area contributed by atoms with Crippen LogP contribution in [0, 0.1) is 17.3 Å². The van der Waals surface area contributed by atoms with Crippen molar-refractivity contribution in [3.63, 3.8) is 0 Å². The molecule has 1 heterocycles. The van der Waals surface area contributed by atoms with E-state index in [1.165, 1.54) is 30.4 Å². The van der Waals surface area contributed by atoms with E-state index in [1.54, 1.807) is 0 Å². The van der Waals surface area contributed by atoms with Gasteiger partial charge in [-0.2, -0.15) is 0 Å². The lowest BCUT2D eigenvalue weighted by molar-refractivity contribution is -0.172. The highest BCUT2D eigenvalue weighted by atomic mass is 16.3. The van der Waals surface area contributed by atoms with Crippen molar-refractivity contribution >= 4 is 5.91 Å². The summed E-state index contributed by atoms with van der Waals surface area (Å²) in [6.07, 6.45) is 8.09. The van der Waals surface area contributed by atoms with Crippen molar-refractivity contribution < 1.29 is 9.90 Å². The molecular formula is C21H27NO2. The molecule has 4 fully saturated rings. The Morgan fingerprint density at radius 3 is 2.54 bits per heavy atom. The maximum Gasteiger partial charge on any atom is 0.223 e. The Bertz CT molecular complexity index is 668. The molecule has 4 aliphatic carbocycles. The molecule has 2 atom stereocenters. The van der Waals surface area contributed by atoms with Gasteiger partial charge in [-0.25, -0.2) is 0 Å². The van der Waals surface area contributed by atoms with Gasteiger partial charge in [0.15, 0.2) is 0 Å². The minimum absolute atomic E-state index is 0.0902. The zero-order valence-corrected chi connectivity index (χ0v) is 14.3. The molecule has 4 bridgehead atoms. The van der Waals surface area contributed by atoms with Crippen molar-refractivity contribution in [2.45, 2.75) is 63.5 Å². The van der Waals surface area contributed by atoms with Crippen LogP contribution in [-0.2, 0) is 17.8 Å². The molecular weight excluding hydrogens is 298 g/mol. The van der Waals surface area contributed by atoms with Crippen LogP contribution in [0.1, 0.15) is 56.1 Å². The molecule has 0 aromatic heterocycles. The van der Waals surface area contributed by atoms with E-state index in [0.717, 1.165) is 38.8 Å². The normalized spacial score (nSPS) is 39.8. The molecule has 5 aliphatic rings. The minimum atomic E-state index is -0.459. The Balaban J connectivity index is 1.33. The number of amides is 1. The summed E-state index contributed by atoms with van der Waals surface area (Å²) < 4.78 is 0. The van der Waals surface area contributed by atoms with E-state index in [9.17, 15) is 9.90 Å². The Hall–Kier alpha value is -1.35. The number of benzene rings is 1. The van der Waals surface area contributed by atoms with Crippen LogP contribution in [0.4, 0.5) is 0 Å². The third-order valence-electron chi connectivity index (χ3n) is 7.16. The molecule has 2 unspecified atom stereocenters. The number of hydrogen-bond acceptors (Lipinski definition) is 2. The molecule has 24 heavy (non-hydrogen) atoms. The number of fused-ring (bicyclic) bond motifs is 1. The lowest BCUT2D eigenvalue weighted by Crippen LogP contribution is -2.56. The summed E-state index contributed by atoms with van der Waals surface area (Å²) >= 11 is 0. The average Bonchev–Trinajstić information content (AvgIpc) is 2.51. The van der Waals surface area contributed by atoms with E-state index in [2.05, 4.69) is 29.2 Å². The Kier molecular flexibility index (Phi) is 3.16. The highest BCUT2D eigenvalue weighted by Gasteiger charge is 2.57. The van der Waals surface area contributed by atoms with Gasteiger partial charge in [-0.05, 0) is 73.3 Å². The van der Waals surface area contributed by atoms with Crippen LogP contribution in [0.5, 0.6) is 0 Å². The summed E-state index contributed by atoms with van der Waals surface area (Å²) in [5.41, 5.74) is 2.33. The molecule has 6 rings (SSSR count). The Morgan fingerprint density at radius 2 is 1.83 bits per heavy atom. The first-order valence-electron chi connectivity index (χ1n) is 9.60. The number of nitrogens with zero attached hydrogens (tertiary/aromatic N) is 1. The largest absolute Gasteiger partial charge is 0.390 e. The zero-order valence-electron chi connectivity index (χ0n) is 14.3. The molecule has 1 N–H and O–H groups in total. The van der Waals surface area contributed by atoms with Gasteiger partial charge in [-0.1, -0.05) is 24.3 Å². The van der Waals surface area contributed by atoms with Gasteiger partial charge in [0.05, 0.1) is 5.60 Å². The highest BCUT2D eigenvalue weighted by molar-refractivity contribution is 5.77. The fraction of sp³-hybridized carbons (Fsp3) is 0.667. The smallest absolute Gasteiger partial charge is 0.223 e. The third kappa shape index (κ3) is 2.40. The van der Waals surface area contributed by atoms with Crippen LogP contribution in [0.2, 0.25) is 0 Å². The molecule has 0 radical (unpaired) electrons. The van der Waals surface area contributed by atoms with Crippen LogP contribution in [0.15, 0.2) is 24.3 Å². The summed E-state index contributed by atoms with van der Waals surface area (Å²) in [5.74, 6) is 1.63. The van der Waals surface area contributed by atoms with Crippen LogP contribution < -0.4 is 0 Å². The van der Waals surface area contributed by atoms with Crippen molar-refractivity contribution in [1.29, 1.82) is 0 Å². The molecule has 1 amide bonds. The van der Waals surface area contributed by atoms with E-state index >= 15 is 0 Å². The van der Waals surface area contributed by atoms with Crippen molar-refractivity contribution in [2.75, 3.05) is 6.54 Å². The summed E-state index contributed by atoms with van der Waals surface area (Å²) in [4.78, 5) is 15.1. The summed E-state index contributed by atoms with van der Waals surface area (Å²) in [5, 5.41) is 10.9. The molecule has 3 nitrogen and oxygen atoms in total. The minimum Gasteiger partial charge on any atom is -0.390 e. The third-order valence-corrected chi connectivity index (χ3v) is 7.16. The van der Waals surface area contributed by atoms with Crippen molar-refractivity contribution in [3.8, 4) is 0 Å². The fourth-order valence-electron chi connectivity index (χ4n) is 6.75. The maximum atomic E-state index is 13.0. The molecule has 1 aliphatic heterocycles. The van der Waals surface area contributed by atoms with Crippen molar-refractivity contribution in [3.05, 3.63) is 35.4 Å². The first-order valence-corrected chi connectivity index (χ1v) is 9.60. The second-order valence-electron chi connectivity index (χ2n) is 9.20. The molecule has 1 aromatic carbocycles. The van der Waals surface area contributed by atoms with Gasteiger partial charge in [0, 0.05) is 19.5 Å². The molecule has 128 valence electrons. The summed E-state index contributed by atoms with van der Waals surface area (Å²) in [6, 6.07) is 8.50. The quantitative estimate of drug-likeness (QED) is 0.906. The lowest BCUT2D eigenvalue weighted by Gasteiger charge is -2.60. The van der Waals surface area contributed by atoms with E-state index in [-0.39, 0.29) is 5.41 Å². The first-order chi connectivity index (χ1) is 11.5. The molecule has 0 saturated heterocycles. The van der Waals surface area contributed by atoms with Crippen LogP contribution in [0.25, 0.3) is 0 Å². The highest BCUT2D eigenvalue weighted by Crippen LogP contribution is 2.62. The lowest BCUT2D eigenvalue weighted by atomic mass is 9.47. The van der Waals surface area contributed by atoms with Gasteiger partial charge in [0.1, 0.15) is 0 Å². The molecule has 0 spiro atoms. The predicted molar refractivity (Wildman–Crippen MR) is 92.2 cm³/mol. The standard InChI is InChI=1S/C21H27NO2/c23-19(22-6-5-17-3-1-2-4-18(17)13-22)12-20-8-15-7-16(9-20)11-21(24,10-15)14-20/h1-4,15-16,24H,5-14H2. The van der Waals surface area contributed by atoms with E-state index in [0.29, 0.717) is 24.2 Å². The Labute approximate surface area is 144 Å². The topological polar surface area (TPSA) is 40.5 Å². The van der Waals surface area contributed by atoms with Crippen molar-refractivity contribution in [2.24, 2.45) is 17.3 Å². The van der Waals surface area contributed by atoms with E-state index in [1.807, 2.05) is 0 Å². The maximum absolute atomic E-state index is 13.0. The van der Waals surface area contributed by atoms with E-state index in [4.69, 9.17) is 0 Å². The predicted octanol–water partition coefficient (Wildman–Crippen LogP) is 3.29. The summed E-state index contributed by atoms with van der Waals surface area (Å²) in [7, 11) is 0. The van der Waals surface area contributed by atoms with Gasteiger partial charge >= 0.3 is 0 Å². The number of aliphatic hydroxyl groups is 1. The van der Waals surface area contributed by atoms with Crippen LogP contribution >= 0.6 is 0 Å². The first kappa shape index (κ1) is 14.9. The SMILES string of the molecule is O=C(CC12CC3CC(CC(O)(C3)C1)C2)N1CCc2ccccc2C1. The second-order valence-corrected chi connectivity index (χ2v) is 9.20. The van der Waals surface area contributed by atoms with Gasteiger partial charge in [0.25, 0.3) is 0 Å². The van der Waals surface area contributed by atoms with E-state index < -0.39 is 5.60 Å². The van der Waals surface area contributed by atoms with Gasteiger partial charge in [0.2, 0.25) is 5.91 Å². The second kappa shape index (κ2) is 5.08. The zero-order chi connectivity index (χ0) is 16.4. The number of carbonyl (C=O) groups excluding carboxylic acids is 1. The van der Waals surface area contributed by atoms with Crippen LogP contribution in [0.3, 0.4) is 0 Å². The van der Waals surface area contributed by atoms with Gasteiger partial charge in [-0.15, -0.1) is 0 Å². The summed E-state index contributed by atoms with van der Waals surface area (Å²) in [6.45, 7) is 1.62. The number of rotatable bonds is 2.